The number of carbonyl (C=O) groups is 1. The Hall–Kier alpha value is -1.92. The normalized spacial score (nSPS) is 17.0. The summed E-state index contributed by atoms with van der Waals surface area (Å²) in [6.07, 6.45) is 5.14. The van der Waals surface area contributed by atoms with E-state index >= 15 is 0 Å². The van der Waals surface area contributed by atoms with Crippen LogP contribution in [0.1, 0.15) is 29.0 Å². The van der Waals surface area contributed by atoms with E-state index in [0.717, 1.165) is 37.4 Å². The molecule has 6 heteroatoms. The van der Waals surface area contributed by atoms with Gasteiger partial charge in [0.2, 0.25) is 0 Å². The van der Waals surface area contributed by atoms with E-state index in [0.29, 0.717) is 11.8 Å². The molecule has 2 aromatic rings. The van der Waals surface area contributed by atoms with E-state index in [2.05, 4.69) is 11.9 Å². The van der Waals surface area contributed by atoms with Crippen LogP contribution in [0, 0.1) is 0 Å². The largest absolute Gasteiger partial charge is 0.459 e. The minimum atomic E-state index is -0.934. The van der Waals surface area contributed by atoms with Gasteiger partial charge in [0.1, 0.15) is 0 Å². The monoisotopic (exact) mass is 360 g/mol. The molecule has 0 radical (unpaired) electrons. The fourth-order valence-corrected chi connectivity index (χ4v) is 3.79. The highest BCUT2D eigenvalue weighted by atomic mass is 32.2. The number of carbonyl (C=O) groups excluding carboxylic acids is 1. The predicted molar refractivity (Wildman–Crippen MR) is 97.9 cm³/mol. The van der Waals surface area contributed by atoms with Gasteiger partial charge in [-0.25, -0.2) is 0 Å². The van der Waals surface area contributed by atoms with Gasteiger partial charge in [-0.1, -0.05) is 12.1 Å². The fraction of sp³-hybridized carbons (Fsp3) is 0.421. The van der Waals surface area contributed by atoms with Gasteiger partial charge >= 0.3 is 0 Å². The van der Waals surface area contributed by atoms with E-state index < -0.39 is 10.8 Å². The number of nitrogens with zero attached hydrogens (tertiary/aromatic N) is 2. The van der Waals surface area contributed by atoms with Gasteiger partial charge in [-0.2, -0.15) is 0 Å². The molecule has 1 saturated heterocycles. The van der Waals surface area contributed by atoms with Crippen molar-refractivity contribution in [3.8, 4) is 0 Å². The number of hydrogen-bond acceptors (Lipinski definition) is 4. The first-order valence-electron chi connectivity index (χ1n) is 8.50. The lowest BCUT2D eigenvalue weighted by molar-refractivity contribution is 0.0609. The first-order chi connectivity index (χ1) is 12.0. The third kappa shape index (κ3) is 4.38. The molecule has 1 aromatic carbocycles. The highest BCUT2D eigenvalue weighted by Crippen LogP contribution is 2.20. The Balaban J connectivity index is 1.52. The second kappa shape index (κ2) is 7.97. The van der Waals surface area contributed by atoms with E-state index in [1.54, 1.807) is 18.4 Å². The lowest BCUT2D eigenvalue weighted by Crippen LogP contribution is -2.45. The summed E-state index contributed by atoms with van der Waals surface area (Å²) >= 11 is 0. The minimum Gasteiger partial charge on any atom is -0.459 e. The minimum absolute atomic E-state index is 0.0192. The van der Waals surface area contributed by atoms with E-state index in [1.807, 2.05) is 29.2 Å². The van der Waals surface area contributed by atoms with Gasteiger partial charge in [0.15, 0.2) is 5.76 Å². The third-order valence-electron chi connectivity index (χ3n) is 4.79. The van der Waals surface area contributed by atoms with E-state index in [-0.39, 0.29) is 5.91 Å². The zero-order chi connectivity index (χ0) is 17.8. The molecule has 0 N–H and O–H groups in total. The number of likely N-dealkylation sites (tertiary alicyclic amines) is 1. The molecule has 0 saturated carbocycles. The van der Waals surface area contributed by atoms with Crippen LogP contribution in [-0.4, -0.2) is 52.4 Å². The quantitative estimate of drug-likeness (QED) is 0.823. The Morgan fingerprint density at radius 1 is 1.24 bits per heavy atom. The molecule has 1 aliphatic heterocycles. The first-order valence-corrected chi connectivity index (χ1v) is 10.1. The first kappa shape index (κ1) is 17.9. The standard InChI is InChI=1S/C19H24N2O3S/c1-20(14-15-5-7-17(8-6-15)25(2)23)16-9-11-21(12-10-16)19(22)18-4-3-13-24-18/h3-8,13,16H,9-12,14H2,1-2H3/t25-/m1/s1. The van der Waals surface area contributed by atoms with Crippen LogP contribution in [0.3, 0.4) is 0 Å². The maximum atomic E-state index is 12.3. The van der Waals surface area contributed by atoms with Crippen LogP contribution < -0.4 is 0 Å². The third-order valence-corrected chi connectivity index (χ3v) is 5.73. The molecule has 2 heterocycles. The molecule has 134 valence electrons. The molecule has 1 aliphatic rings. The molecule has 1 fully saturated rings. The van der Waals surface area contributed by atoms with Crippen molar-refractivity contribution in [3.05, 3.63) is 54.0 Å². The van der Waals surface area contributed by atoms with Gasteiger partial charge in [0, 0.05) is 47.6 Å². The van der Waals surface area contributed by atoms with Crippen LogP contribution >= 0.6 is 0 Å². The van der Waals surface area contributed by atoms with Crippen molar-refractivity contribution in [2.75, 3.05) is 26.4 Å². The zero-order valence-corrected chi connectivity index (χ0v) is 15.5. The predicted octanol–water partition coefficient (Wildman–Crippen LogP) is 2.75. The van der Waals surface area contributed by atoms with Crippen molar-refractivity contribution in [2.45, 2.75) is 30.3 Å². The molecule has 0 spiro atoms. The van der Waals surface area contributed by atoms with E-state index in [1.165, 1.54) is 11.8 Å². The van der Waals surface area contributed by atoms with Crippen molar-refractivity contribution < 1.29 is 13.4 Å². The van der Waals surface area contributed by atoms with Gasteiger partial charge in [-0.05, 0) is 49.7 Å². The van der Waals surface area contributed by atoms with Crippen LogP contribution in [0.15, 0.2) is 52.0 Å². The SMILES string of the molecule is CN(Cc1ccc([S@@](C)=O)cc1)C1CCN(C(=O)c2ccco2)CC1. The summed E-state index contributed by atoms with van der Waals surface area (Å²) in [4.78, 5) is 17.4. The summed E-state index contributed by atoms with van der Waals surface area (Å²) < 4.78 is 16.7. The molecule has 25 heavy (non-hydrogen) atoms. The molecule has 3 rings (SSSR count). The lowest BCUT2D eigenvalue weighted by Gasteiger charge is -2.36. The number of benzene rings is 1. The van der Waals surface area contributed by atoms with Crippen LogP contribution in [0.4, 0.5) is 0 Å². The fourth-order valence-electron chi connectivity index (χ4n) is 3.27. The van der Waals surface area contributed by atoms with Crippen LogP contribution in [0.25, 0.3) is 0 Å². The molecule has 0 bridgehead atoms. The van der Waals surface area contributed by atoms with Crippen LogP contribution in [-0.2, 0) is 17.3 Å². The topological polar surface area (TPSA) is 53.8 Å². The molecule has 1 amide bonds. The Kier molecular flexibility index (Phi) is 5.71. The number of furan rings is 1. The average molecular weight is 360 g/mol. The zero-order valence-electron chi connectivity index (χ0n) is 14.7. The Bertz CT molecular complexity index is 720. The summed E-state index contributed by atoms with van der Waals surface area (Å²) in [7, 11) is 1.19. The highest BCUT2D eigenvalue weighted by Gasteiger charge is 2.26. The van der Waals surface area contributed by atoms with Gasteiger partial charge in [-0.15, -0.1) is 0 Å². The van der Waals surface area contributed by atoms with Crippen molar-refractivity contribution >= 4 is 16.7 Å². The number of amides is 1. The second-order valence-corrected chi connectivity index (χ2v) is 7.89. The summed E-state index contributed by atoms with van der Waals surface area (Å²) in [6.45, 7) is 2.36. The summed E-state index contributed by atoms with van der Waals surface area (Å²) in [6, 6.07) is 11.9. The van der Waals surface area contributed by atoms with Crippen molar-refractivity contribution in [2.24, 2.45) is 0 Å². The Morgan fingerprint density at radius 2 is 1.92 bits per heavy atom. The molecular weight excluding hydrogens is 336 g/mol. The maximum Gasteiger partial charge on any atom is 0.289 e. The second-order valence-electron chi connectivity index (χ2n) is 6.51. The lowest BCUT2D eigenvalue weighted by atomic mass is 10.0. The van der Waals surface area contributed by atoms with Crippen molar-refractivity contribution in [1.29, 1.82) is 0 Å². The molecule has 1 atom stereocenters. The summed E-state index contributed by atoms with van der Waals surface area (Å²) in [5.74, 6) is 0.398. The summed E-state index contributed by atoms with van der Waals surface area (Å²) in [5, 5.41) is 0. The van der Waals surface area contributed by atoms with E-state index in [9.17, 15) is 9.00 Å². The smallest absolute Gasteiger partial charge is 0.289 e. The number of hydrogen-bond donors (Lipinski definition) is 0. The Morgan fingerprint density at radius 3 is 2.48 bits per heavy atom. The van der Waals surface area contributed by atoms with Gasteiger partial charge in [-0.3, -0.25) is 13.9 Å². The molecule has 5 nitrogen and oxygen atoms in total. The summed E-state index contributed by atoms with van der Waals surface area (Å²) in [5.41, 5.74) is 1.21. The molecule has 1 aromatic heterocycles. The average Bonchev–Trinajstić information content (AvgIpc) is 3.16. The van der Waals surface area contributed by atoms with Crippen molar-refractivity contribution in [1.82, 2.24) is 9.80 Å². The van der Waals surface area contributed by atoms with Gasteiger partial charge in [0.25, 0.3) is 5.91 Å². The molecule has 0 unspecified atom stereocenters. The van der Waals surface area contributed by atoms with Gasteiger partial charge in [0.05, 0.1) is 6.26 Å². The Labute approximate surface area is 151 Å². The van der Waals surface area contributed by atoms with Gasteiger partial charge < -0.3 is 9.32 Å². The highest BCUT2D eigenvalue weighted by molar-refractivity contribution is 7.84. The molecular formula is C19H24N2O3S. The maximum absolute atomic E-state index is 12.3. The van der Waals surface area contributed by atoms with Crippen LogP contribution in [0.2, 0.25) is 0 Å². The van der Waals surface area contributed by atoms with Crippen LogP contribution in [0.5, 0.6) is 0 Å². The molecule has 0 aliphatic carbocycles. The number of rotatable bonds is 5. The van der Waals surface area contributed by atoms with Crippen molar-refractivity contribution in [3.63, 3.8) is 0 Å². The number of piperidine rings is 1. The van der Waals surface area contributed by atoms with E-state index in [4.69, 9.17) is 4.42 Å².